The molecular weight excluding hydrogens is 365 g/mol. The van der Waals surface area contributed by atoms with Gasteiger partial charge in [0.2, 0.25) is 0 Å². The zero-order valence-electron chi connectivity index (χ0n) is 11.7. The Kier molecular flexibility index (Phi) is 3.45. The number of carbonyl (C=O) groups is 1. The average Bonchev–Trinajstić information content (AvgIpc) is 2.54. The molecule has 4 heteroatoms. The van der Waals surface area contributed by atoms with Crippen molar-refractivity contribution in [1.82, 2.24) is 0 Å². The van der Waals surface area contributed by atoms with Crippen molar-refractivity contribution < 1.29 is 35.4 Å². The molecule has 0 fully saturated rings. The third kappa shape index (κ3) is 2.48. The zero-order valence-corrected chi connectivity index (χ0v) is 15.8. The molecule has 2 aromatic rings. The van der Waals surface area contributed by atoms with Gasteiger partial charge in [-0.25, -0.2) is 0 Å². The van der Waals surface area contributed by atoms with Crippen molar-refractivity contribution in [3.63, 3.8) is 0 Å². The summed E-state index contributed by atoms with van der Waals surface area (Å²) in [4.78, 5) is 12.5. The van der Waals surface area contributed by atoms with Gasteiger partial charge in [-0.1, -0.05) is 0 Å². The van der Waals surface area contributed by atoms with E-state index < -0.39 is 23.2 Å². The van der Waals surface area contributed by atoms with Gasteiger partial charge in [0.05, 0.1) is 0 Å². The molecule has 2 heterocycles. The SMILES string of the molecule is O=[C]1Cc2ccccc2[O][Cd]1[CH]1CCc2ccccc2O1. The molecular formula is C17H15CdO3. The Labute approximate surface area is 132 Å². The molecule has 0 saturated heterocycles. The summed E-state index contributed by atoms with van der Waals surface area (Å²) in [7, 11) is 0. The average molecular weight is 380 g/mol. The monoisotopic (exact) mass is 381 g/mol. The van der Waals surface area contributed by atoms with Crippen molar-refractivity contribution in [2.75, 3.05) is 0 Å². The first-order valence-electron chi connectivity index (χ1n) is 7.52. The number of para-hydroxylation sites is 2. The molecule has 0 aliphatic carbocycles. The summed E-state index contributed by atoms with van der Waals surface area (Å²) in [5.74, 6) is 1.84. The molecule has 103 valence electrons. The normalized spacial score (nSPS) is 20.1. The van der Waals surface area contributed by atoms with Crippen LogP contribution < -0.4 is 7.42 Å². The van der Waals surface area contributed by atoms with E-state index in [1.54, 1.807) is 0 Å². The van der Waals surface area contributed by atoms with E-state index in [-0.39, 0.29) is 3.66 Å². The van der Waals surface area contributed by atoms with Crippen LogP contribution in [0.2, 0.25) is 0 Å². The van der Waals surface area contributed by atoms with E-state index in [1.807, 2.05) is 42.5 Å². The van der Waals surface area contributed by atoms with E-state index in [9.17, 15) is 4.79 Å². The molecule has 2 aliphatic heterocycles. The van der Waals surface area contributed by atoms with Gasteiger partial charge in [0.15, 0.2) is 0 Å². The molecule has 0 saturated carbocycles. The van der Waals surface area contributed by atoms with Gasteiger partial charge >= 0.3 is 133 Å². The molecule has 21 heavy (non-hydrogen) atoms. The maximum atomic E-state index is 12.5. The number of hydrogen-bond acceptors (Lipinski definition) is 3. The van der Waals surface area contributed by atoms with Gasteiger partial charge in [-0.05, 0) is 0 Å². The number of benzene rings is 2. The van der Waals surface area contributed by atoms with Gasteiger partial charge in [0.25, 0.3) is 0 Å². The Balaban J connectivity index is 1.59. The van der Waals surface area contributed by atoms with Gasteiger partial charge in [-0.15, -0.1) is 0 Å². The first-order chi connectivity index (χ1) is 10.3. The van der Waals surface area contributed by atoms with Crippen LogP contribution in [0.5, 0.6) is 11.5 Å². The van der Waals surface area contributed by atoms with Gasteiger partial charge in [0.1, 0.15) is 0 Å². The molecule has 1 atom stereocenters. The summed E-state index contributed by atoms with van der Waals surface area (Å²) >= 11 is -3.01. The Hall–Kier alpha value is -1.37. The molecule has 2 aromatic carbocycles. The van der Waals surface area contributed by atoms with Gasteiger partial charge in [-0.3, -0.25) is 0 Å². The first-order valence-corrected chi connectivity index (χ1v) is 13.5. The molecule has 4 rings (SSSR count). The van der Waals surface area contributed by atoms with Crippen LogP contribution in [0.1, 0.15) is 17.5 Å². The number of aryl methyl sites for hydroxylation is 1. The second kappa shape index (κ2) is 5.44. The zero-order chi connectivity index (χ0) is 14.2. The standard InChI is InChI=1S/C9H9O.C8H7O2.Cd/c1-2-6-9-8(4-1)5-3-7-10-9;9-6-5-7-3-1-2-4-8(7)10;/h1-2,4,6-7H,3,5H2;1-4,10H,5H2;/q;;+1/p-1. The fourth-order valence-electron chi connectivity index (χ4n) is 3.36. The van der Waals surface area contributed by atoms with Crippen LogP contribution in [-0.2, 0) is 40.8 Å². The van der Waals surface area contributed by atoms with Gasteiger partial charge in [-0.2, -0.15) is 0 Å². The van der Waals surface area contributed by atoms with E-state index in [0.29, 0.717) is 9.76 Å². The molecule has 0 N–H and O–H groups in total. The molecule has 3 nitrogen and oxygen atoms in total. The number of hydrogen-bond donors (Lipinski definition) is 0. The van der Waals surface area contributed by atoms with Crippen LogP contribution in [0, 0.1) is 0 Å². The topological polar surface area (TPSA) is 35.5 Å². The van der Waals surface area contributed by atoms with Crippen LogP contribution in [0.3, 0.4) is 0 Å². The summed E-state index contributed by atoms with van der Waals surface area (Å²) in [6.45, 7) is 0. The first kappa shape index (κ1) is 13.3. The summed E-state index contributed by atoms with van der Waals surface area (Å²) in [6.07, 6.45) is 2.43. The Morgan fingerprint density at radius 3 is 2.52 bits per heavy atom. The minimum atomic E-state index is -3.01. The summed E-state index contributed by atoms with van der Waals surface area (Å²) in [5, 5.41) is 0. The van der Waals surface area contributed by atoms with E-state index in [4.69, 9.17) is 7.42 Å². The van der Waals surface area contributed by atoms with Crippen LogP contribution in [0.4, 0.5) is 0 Å². The minimum absolute atomic E-state index is 0.0296. The predicted octanol–water partition coefficient (Wildman–Crippen LogP) is 3.03. The van der Waals surface area contributed by atoms with Crippen molar-refractivity contribution in [2.45, 2.75) is 22.9 Å². The van der Waals surface area contributed by atoms with Crippen LogP contribution in [-0.4, -0.2) is 7.01 Å². The summed E-state index contributed by atoms with van der Waals surface area (Å²) in [5.41, 5.74) is 2.27. The summed E-state index contributed by atoms with van der Waals surface area (Å²) < 4.78 is 12.6. The molecule has 0 amide bonds. The van der Waals surface area contributed by atoms with Crippen LogP contribution in [0.25, 0.3) is 0 Å². The third-order valence-corrected chi connectivity index (χ3v) is 13.2. The third-order valence-electron chi connectivity index (χ3n) is 4.48. The molecule has 0 bridgehead atoms. The second-order valence-electron chi connectivity index (χ2n) is 5.87. The van der Waals surface area contributed by atoms with Gasteiger partial charge < -0.3 is 0 Å². The predicted molar refractivity (Wildman–Crippen MR) is 75.0 cm³/mol. The number of fused-ring (bicyclic) bond motifs is 2. The fourth-order valence-corrected chi connectivity index (χ4v) is 11.6. The second-order valence-corrected chi connectivity index (χ2v) is 14.5. The van der Waals surface area contributed by atoms with Crippen molar-refractivity contribution in [3.8, 4) is 11.5 Å². The van der Waals surface area contributed by atoms with Crippen molar-refractivity contribution >= 4 is 3.34 Å². The van der Waals surface area contributed by atoms with E-state index in [0.717, 1.165) is 29.9 Å². The quantitative estimate of drug-likeness (QED) is 0.715. The van der Waals surface area contributed by atoms with Crippen LogP contribution >= 0.6 is 0 Å². The molecule has 0 radical (unpaired) electrons. The molecule has 0 spiro atoms. The Morgan fingerprint density at radius 2 is 1.67 bits per heavy atom. The van der Waals surface area contributed by atoms with E-state index >= 15 is 0 Å². The molecule has 0 aromatic heterocycles. The van der Waals surface area contributed by atoms with Crippen LogP contribution in [0.15, 0.2) is 48.5 Å². The number of rotatable bonds is 1. The number of carbonyl (C=O) groups excluding carboxylic acids is 1. The molecule has 1 unspecified atom stereocenters. The van der Waals surface area contributed by atoms with Crippen molar-refractivity contribution in [3.05, 3.63) is 59.7 Å². The van der Waals surface area contributed by atoms with Crippen molar-refractivity contribution in [1.29, 1.82) is 0 Å². The summed E-state index contributed by atoms with van der Waals surface area (Å²) in [6, 6.07) is 16.0. The van der Waals surface area contributed by atoms with Crippen molar-refractivity contribution in [2.24, 2.45) is 0 Å². The fraction of sp³-hybridized carbons (Fsp3) is 0.235. The molecule has 2 aliphatic rings. The maximum absolute atomic E-state index is 12.5. The Bertz CT molecular complexity index is 698. The van der Waals surface area contributed by atoms with E-state index in [2.05, 4.69) is 6.07 Å². The number of ether oxygens (including phenoxy) is 1. The van der Waals surface area contributed by atoms with E-state index in [1.165, 1.54) is 5.56 Å². The van der Waals surface area contributed by atoms with Gasteiger partial charge in [0, 0.05) is 0 Å². The Morgan fingerprint density at radius 1 is 0.952 bits per heavy atom.